The zero-order valence-corrected chi connectivity index (χ0v) is 7.96. The van der Waals surface area contributed by atoms with Gasteiger partial charge in [-0.15, -0.1) is 0 Å². The minimum Gasteiger partial charge on any atom is -0.480 e. The van der Waals surface area contributed by atoms with E-state index >= 15 is 0 Å². The lowest BCUT2D eigenvalue weighted by molar-refractivity contribution is -0.139. The van der Waals surface area contributed by atoms with E-state index in [0.29, 0.717) is 13.0 Å². The molecule has 1 aromatic rings. The molecule has 1 aromatic heterocycles. The first-order chi connectivity index (χ1) is 7.25. The molecule has 15 heavy (non-hydrogen) atoms. The van der Waals surface area contributed by atoms with Gasteiger partial charge in [0.2, 0.25) is 0 Å². The van der Waals surface area contributed by atoms with E-state index in [1.54, 1.807) is 18.5 Å². The van der Waals surface area contributed by atoms with E-state index < -0.39 is 12.0 Å². The van der Waals surface area contributed by atoms with Gasteiger partial charge in [-0.3, -0.25) is 4.79 Å². The van der Waals surface area contributed by atoms with Crippen molar-refractivity contribution in [3.8, 4) is 6.01 Å². The van der Waals surface area contributed by atoms with E-state index in [2.05, 4.69) is 15.3 Å². The molecule has 2 unspecified atom stereocenters. The predicted octanol–water partition coefficient (Wildman–Crippen LogP) is -0.330. The number of nitrogens with zero attached hydrogens (tertiary/aromatic N) is 2. The number of aromatic nitrogens is 2. The van der Waals surface area contributed by atoms with Crippen LogP contribution in [0, 0.1) is 0 Å². The molecule has 0 bridgehead atoms. The molecular formula is C9H11N3O3. The number of ether oxygens (including phenoxy) is 1. The number of aliphatic carboxylic acids is 1. The van der Waals surface area contributed by atoms with Crippen molar-refractivity contribution >= 4 is 5.97 Å². The molecule has 6 heteroatoms. The molecule has 0 aliphatic carbocycles. The smallest absolute Gasteiger partial charge is 0.320 e. The second-order valence-corrected chi connectivity index (χ2v) is 3.31. The van der Waals surface area contributed by atoms with Gasteiger partial charge in [0.15, 0.2) is 0 Å². The van der Waals surface area contributed by atoms with Crippen molar-refractivity contribution in [1.82, 2.24) is 15.3 Å². The minimum absolute atomic E-state index is 0.173. The number of carboxylic acid groups (broad SMARTS) is 1. The third kappa shape index (κ3) is 2.41. The Morgan fingerprint density at radius 1 is 1.53 bits per heavy atom. The van der Waals surface area contributed by atoms with Gasteiger partial charge in [0.25, 0.3) is 0 Å². The van der Waals surface area contributed by atoms with Crippen LogP contribution in [0.1, 0.15) is 6.42 Å². The van der Waals surface area contributed by atoms with Crippen LogP contribution in [-0.4, -0.2) is 39.7 Å². The highest BCUT2D eigenvalue weighted by Crippen LogP contribution is 2.12. The first-order valence-electron chi connectivity index (χ1n) is 4.65. The largest absolute Gasteiger partial charge is 0.480 e. The van der Waals surface area contributed by atoms with E-state index in [1.165, 1.54) is 0 Å². The Bertz CT molecular complexity index is 344. The maximum absolute atomic E-state index is 10.7. The molecule has 0 spiro atoms. The van der Waals surface area contributed by atoms with Crippen LogP contribution in [-0.2, 0) is 4.79 Å². The normalized spacial score (nSPS) is 25.1. The second kappa shape index (κ2) is 4.22. The summed E-state index contributed by atoms with van der Waals surface area (Å²) in [6, 6.07) is 1.45. The van der Waals surface area contributed by atoms with Gasteiger partial charge in [0.1, 0.15) is 12.1 Å². The number of hydrogen-bond acceptors (Lipinski definition) is 5. The SMILES string of the molecule is O=C(O)C1CC(Oc2ncccn2)CN1. The quantitative estimate of drug-likeness (QED) is 0.709. The van der Waals surface area contributed by atoms with Crippen LogP contribution in [0.25, 0.3) is 0 Å². The van der Waals surface area contributed by atoms with Crippen molar-refractivity contribution in [3.05, 3.63) is 18.5 Å². The number of rotatable bonds is 3. The van der Waals surface area contributed by atoms with Crippen LogP contribution in [0.15, 0.2) is 18.5 Å². The highest BCUT2D eigenvalue weighted by atomic mass is 16.5. The van der Waals surface area contributed by atoms with Crippen LogP contribution in [0.4, 0.5) is 0 Å². The van der Waals surface area contributed by atoms with Crippen LogP contribution < -0.4 is 10.1 Å². The lowest BCUT2D eigenvalue weighted by Gasteiger charge is -2.09. The molecule has 0 saturated carbocycles. The van der Waals surface area contributed by atoms with E-state index in [1.807, 2.05) is 0 Å². The zero-order chi connectivity index (χ0) is 10.7. The standard InChI is InChI=1S/C9H11N3O3/c13-8(14)7-4-6(5-12-7)15-9-10-2-1-3-11-9/h1-3,6-7,12H,4-5H2,(H,13,14). The molecule has 1 aliphatic rings. The summed E-state index contributed by atoms with van der Waals surface area (Å²) in [5.74, 6) is -0.852. The van der Waals surface area contributed by atoms with Crippen molar-refractivity contribution in [3.63, 3.8) is 0 Å². The second-order valence-electron chi connectivity index (χ2n) is 3.31. The third-order valence-electron chi connectivity index (χ3n) is 2.20. The molecule has 2 atom stereocenters. The average Bonchev–Trinajstić information content (AvgIpc) is 2.68. The first kappa shape index (κ1) is 9.85. The van der Waals surface area contributed by atoms with Crippen LogP contribution >= 0.6 is 0 Å². The van der Waals surface area contributed by atoms with Gasteiger partial charge in [-0.2, -0.15) is 0 Å². The molecule has 1 fully saturated rings. The predicted molar refractivity (Wildman–Crippen MR) is 50.5 cm³/mol. The summed E-state index contributed by atoms with van der Waals surface area (Å²) < 4.78 is 5.41. The van der Waals surface area contributed by atoms with Gasteiger partial charge in [-0.1, -0.05) is 0 Å². The average molecular weight is 209 g/mol. The lowest BCUT2D eigenvalue weighted by Crippen LogP contribution is -2.30. The van der Waals surface area contributed by atoms with Crippen molar-refractivity contribution in [2.24, 2.45) is 0 Å². The van der Waals surface area contributed by atoms with E-state index in [0.717, 1.165) is 0 Å². The Labute approximate surface area is 86.3 Å². The number of hydrogen-bond donors (Lipinski definition) is 2. The Morgan fingerprint density at radius 2 is 2.27 bits per heavy atom. The summed E-state index contributed by atoms with van der Waals surface area (Å²) in [6.45, 7) is 0.509. The fraction of sp³-hybridized carbons (Fsp3) is 0.444. The molecule has 0 amide bonds. The lowest BCUT2D eigenvalue weighted by atomic mass is 10.2. The minimum atomic E-state index is -0.852. The molecule has 0 radical (unpaired) electrons. The summed E-state index contributed by atoms with van der Waals surface area (Å²) in [7, 11) is 0. The fourth-order valence-corrected chi connectivity index (χ4v) is 1.48. The monoisotopic (exact) mass is 209 g/mol. The van der Waals surface area contributed by atoms with Gasteiger partial charge >= 0.3 is 12.0 Å². The van der Waals surface area contributed by atoms with Gasteiger partial charge in [0.05, 0.1) is 0 Å². The number of carbonyl (C=O) groups is 1. The summed E-state index contributed by atoms with van der Waals surface area (Å²) >= 11 is 0. The maximum atomic E-state index is 10.7. The van der Waals surface area contributed by atoms with Crippen LogP contribution in [0.5, 0.6) is 6.01 Å². The van der Waals surface area contributed by atoms with Crippen LogP contribution in [0.3, 0.4) is 0 Å². The molecular weight excluding hydrogens is 198 g/mol. The van der Waals surface area contributed by atoms with E-state index in [9.17, 15) is 4.79 Å². The molecule has 1 aliphatic heterocycles. The van der Waals surface area contributed by atoms with Crippen molar-refractivity contribution in [2.75, 3.05) is 6.54 Å². The highest BCUT2D eigenvalue weighted by molar-refractivity contribution is 5.73. The van der Waals surface area contributed by atoms with Crippen LogP contribution in [0.2, 0.25) is 0 Å². The topological polar surface area (TPSA) is 84.3 Å². The molecule has 2 rings (SSSR count). The number of carboxylic acids is 1. The molecule has 2 N–H and O–H groups in total. The van der Waals surface area contributed by atoms with Crippen molar-refractivity contribution < 1.29 is 14.6 Å². The summed E-state index contributed by atoms with van der Waals surface area (Å²) in [5, 5.41) is 11.6. The summed E-state index contributed by atoms with van der Waals surface area (Å²) in [4.78, 5) is 18.5. The molecule has 2 heterocycles. The molecule has 6 nitrogen and oxygen atoms in total. The third-order valence-corrected chi connectivity index (χ3v) is 2.20. The molecule has 80 valence electrons. The maximum Gasteiger partial charge on any atom is 0.320 e. The van der Waals surface area contributed by atoms with Gasteiger partial charge in [-0.25, -0.2) is 9.97 Å². The van der Waals surface area contributed by atoms with E-state index in [-0.39, 0.29) is 12.1 Å². The van der Waals surface area contributed by atoms with Gasteiger partial charge in [0, 0.05) is 25.4 Å². The Morgan fingerprint density at radius 3 is 2.87 bits per heavy atom. The Kier molecular flexibility index (Phi) is 2.77. The van der Waals surface area contributed by atoms with Crippen molar-refractivity contribution in [1.29, 1.82) is 0 Å². The summed E-state index contributed by atoms with van der Waals surface area (Å²) in [6.07, 6.45) is 3.43. The molecule has 0 aromatic carbocycles. The fourth-order valence-electron chi connectivity index (χ4n) is 1.48. The first-order valence-corrected chi connectivity index (χ1v) is 4.65. The Hall–Kier alpha value is -1.69. The van der Waals surface area contributed by atoms with Gasteiger partial charge < -0.3 is 15.2 Å². The highest BCUT2D eigenvalue weighted by Gasteiger charge is 2.30. The van der Waals surface area contributed by atoms with Gasteiger partial charge in [-0.05, 0) is 6.07 Å². The zero-order valence-electron chi connectivity index (χ0n) is 7.96. The molecule has 1 saturated heterocycles. The Balaban J connectivity index is 1.90. The summed E-state index contributed by atoms with van der Waals surface area (Å²) in [5.41, 5.74) is 0. The van der Waals surface area contributed by atoms with Crippen molar-refractivity contribution in [2.45, 2.75) is 18.6 Å². The number of nitrogens with one attached hydrogen (secondary N) is 1. The van der Waals surface area contributed by atoms with E-state index in [4.69, 9.17) is 9.84 Å².